The van der Waals surface area contributed by atoms with E-state index in [1.165, 1.54) is 44.2 Å². The van der Waals surface area contributed by atoms with Crippen LogP contribution in [-0.2, 0) is 6.54 Å². The number of hydrogen-bond donors (Lipinski definition) is 0. The van der Waals surface area contributed by atoms with Gasteiger partial charge in [0.1, 0.15) is 0 Å². The van der Waals surface area contributed by atoms with E-state index in [0.717, 1.165) is 13.0 Å². The maximum atomic E-state index is 2.48. The Balaban J connectivity index is 0.00000220. The molecule has 1 aromatic rings. The smallest absolute Gasteiger partial charge is 0.173 e. The second-order valence-electron chi connectivity index (χ2n) is 5.92. The van der Waals surface area contributed by atoms with Gasteiger partial charge in [0.15, 0.2) is 18.9 Å². The molecule has 0 spiro atoms. The molecule has 0 aromatic carbocycles. The lowest BCUT2D eigenvalue weighted by Crippen LogP contribution is -3.00. The molecule has 3 heteroatoms. The van der Waals surface area contributed by atoms with E-state index >= 15 is 0 Å². The van der Waals surface area contributed by atoms with Gasteiger partial charge in [-0.05, 0) is 38.9 Å². The Hall–Kier alpha value is -0.670. The number of pyridine rings is 1. The van der Waals surface area contributed by atoms with E-state index in [4.69, 9.17) is 0 Å². The molecule has 2 heterocycles. The van der Waals surface area contributed by atoms with Crippen molar-refractivity contribution in [3.8, 4) is 0 Å². The predicted octanol–water partition coefficient (Wildman–Crippen LogP) is 0.881. The van der Waals surface area contributed by atoms with Gasteiger partial charge in [0, 0.05) is 24.1 Å². The minimum Gasteiger partial charge on any atom is -1.00 e. The Kier molecular flexibility index (Phi) is 8.86. The van der Waals surface area contributed by atoms with Gasteiger partial charge in [0.2, 0.25) is 0 Å². The molecule has 2 nitrogen and oxygen atoms in total. The van der Waals surface area contributed by atoms with Gasteiger partial charge in [0.25, 0.3) is 0 Å². The van der Waals surface area contributed by atoms with Crippen molar-refractivity contribution >= 4 is 0 Å². The number of aromatic nitrogens is 1. The summed E-state index contributed by atoms with van der Waals surface area (Å²) in [5, 5.41) is 0. The van der Waals surface area contributed by atoms with Crippen LogP contribution >= 0.6 is 0 Å². The van der Waals surface area contributed by atoms with Crippen molar-refractivity contribution < 1.29 is 21.5 Å². The average molecular weight is 353 g/mol. The van der Waals surface area contributed by atoms with Crippen molar-refractivity contribution in [2.75, 3.05) is 13.6 Å². The monoisotopic (exact) mass is 352 g/mol. The minimum absolute atomic E-state index is 0. The van der Waals surface area contributed by atoms with Crippen LogP contribution in [0.3, 0.4) is 0 Å². The summed E-state index contributed by atoms with van der Waals surface area (Å²) in [6.45, 7) is 4.57. The quantitative estimate of drug-likeness (QED) is 0.401. The van der Waals surface area contributed by atoms with Gasteiger partial charge < -0.3 is 17.0 Å². The Bertz CT molecular complexity index is 431. The SMILES string of the molecule is CCCC/C=C\CC[n+]1cccc([C@@H]2CCCN2C)c1.[Br-]. The second kappa shape index (κ2) is 10.1. The van der Waals surface area contributed by atoms with Crippen LogP contribution in [0.15, 0.2) is 36.7 Å². The highest BCUT2D eigenvalue weighted by atomic mass is 79.9. The molecule has 0 saturated carbocycles. The number of unbranched alkanes of at least 4 members (excludes halogenated alkanes) is 2. The molecular formula is C18H29BrN2. The third-order valence-corrected chi connectivity index (χ3v) is 4.23. The summed E-state index contributed by atoms with van der Waals surface area (Å²) in [7, 11) is 2.24. The van der Waals surface area contributed by atoms with E-state index in [2.05, 4.69) is 60.1 Å². The van der Waals surface area contributed by atoms with Gasteiger partial charge in [-0.3, -0.25) is 4.90 Å². The van der Waals surface area contributed by atoms with Crippen molar-refractivity contribution in [3.63, 3.8) is 0 Å². The third kappa shape index (κ3) is 5.91. The molecule has 118 valence electrons. The predicted molar refractivity (Wildman–Crippen MR) is 84.5 cm³/mol. The van der Waals surface area contributed by atoms with Gasteiger partial charge in [-0.2, -0.15) is 0 Å². The lowest BCUT2D eigenvalue weighted by atomic mass is 10.1. The number of rotatable bonds is 7. The van der Waals surface area contributed by atoms with Gasteiger partial charge in [0.05, 0.1) is 0 Å². The standard InChI is InChI=1S/C18H29N2.BrH/c1-3-4-5-6-7-8-14-20-15-9-11-17(16-20)18-12-10-13-19(18)2;/h6-7,9,11,15-16,18H,3-5,8,10,12-14H2,1-2H3;1H/q+1;/p-1/b7-6-;/t18-;/m0./s1. The summed E-state index contributed by atoms with van der Waals surface area (Å²) in [4.78, 5) is 2.48. The zero-order valence-corrected chi connectivity index (χ0v) is 15.1. The number of halogens is 1. The van der Waals surface area contributed by atoms with Crippen LogP contribution in [-0.4, -0.2) is 18.5 Å². The van der Waals surface area contributed by atoms with Gasteiger partial charge in [-0.1, -0.05) is 31.9 Å². The molecule has 0 bridgehead atoms. The number of likely N-dealkylation sites (tertiary alicyclic amines) is 1. The van der Waals surface area contributed by atoms with Crippen LogP contribution in [0.25, 0.3) is 0 Å². The zero-order valence-electron chi connectivity index (χ0n) is 13.5. The first kappa shape index (κ1) is 18.4. The summed E-state index contributed by atoms with van der Waals surface area (Å²) >= 11 is 0. The molecule has 1 fully saturated rings. The summed E-state index contributed by atoms with van der Waals surface area (Å²) in [6.07, 6.45) is 16.8. The average Bonchev–Trinajstić information content (AvgIpc) is 2.89. The molecule has 1 aliphatic heterocycles. The topological polar surface area (TPSA) is 7.12 Å². The van der Waals surface area contributed by atoms with Crippen LogP contribution in [0.4, 0.5) is 0 Å². The molecular weight excluding hydrogens is 324 g/mol. The summed E-state index contributed by atoms with van der Waals surface area (Å²) in [6, 6.07) is 5.10. The van der Waals surface area contributed by atoms with Crippen molar-refractivity contribution in [2.24, 2.45) is 0 Å². The van der Waals surface area contributed by atoms with Crippen molar-refractivity contribution in [1.29, 1.82) is 0 Å². The molecule has 0 radical (unpaired) electrons. The highest BCUT2D eigenvalue weighted by Crippen LogP contribution is 2.29. The van der Waals surface area contributed by atoms with Crippen LogP contribution in [0.5, 0.6) is 0 Å². The Morgan fingerprint density at radius 1 is 1.33 bits per heavy atom. The first-order chi connectivity index (χ1) is 9.81. The Morgan fingerprint density at radius 2 is 2.14 bits per heavy atom. The number of hydrogen-bond acceptors (Lipinski definition) is 1. The van der Waals surface area contributed by atoms with Gasteiger partial charge >= 0.3 is 0 Å². The largest absolute Gasteiger partial charge is 1.00 e. The number of aryl methyl sites for hydroxylation is 1. The van der Waals surface area contributed by atoms with E-state index in [9.17, 15) is 0 Å². The van der Waals surface area contributed by atoms with Crippen molar-refractivity contribution in [3.05, 3.63) is 42.2 Å². The molecule has 1 aliphatic rings. The first-order valence-corrected chi connectivity index (χ1v) is 8.15. The van der Waals surface area contributed by atoms with Crippen molar-refractivity contribution in [2.45, 2.75) is 58.0 Å². The lowest BCUT2D eigenvalue weighted by molar-refractivity contribution is -0.696. The third-order valence-electron chi connectivity index (χ3n) is 4.23. The summed E-state index contributed by atoms with van der Waals surface area (Å²) in [5.74, 6) is 0. The normalized spacial score (nSPS) is 19.0. The fourth-order valence-corrected chi connectivity index (χ4v) is 2.99. The molecule has 1 atom stereocenters. The zero-order chi connectivity index (χ0) is 14.2. The maximum absolute atomic E-state index is 2.48. The Labute approximate surface area is 140 Å². The van der Waals surface area contributed by atoms with E-state index in [-0.39, 0.29) is 17.0 Å². The number of nitrogens with zero attached hydrogens (tertiary/aromatic N) is 2. The fraction of sp³-hybridized carbons (Fsp3) is 0.611. The van der Waals surface area contributed by atoms with E-state index in [1.807, 2.05) is 0 Å². The van der Waals surface area contributed by atoms with Crippen molar-refractivity contribution in [1.82, 2.24) is 4.90 Å². The fourth-order valence-electron chi connectivity index (χ4n) is 2.99. The highest BCUT2D eigenvalue weighted by Gasteiger charge is 2.24. The van der Waals surface area contributed by atoms with E-state index in [1.54, 1.807) is 0 Å². The molecule has 0 N–H and O–H groups in total. The van der Waals surface area contributed by atoms with E-state index in [0.29, 0.717) is 6.04 Å². The molecule has 1 saturated heterocycles. The molecule has 0 unspecified atom stereocenters. The summed E-state index contributed by atoms with van der Waals surface area (Å²) in [5.41, 5.74) is 1.47. The molecule has 2 rings (SSSR count). The molecule has 0 aliphatic carbocycles. The number of allylic oxidation sites excluding steroid dienone is 2. The molecule has 0 amide bonds. The van der Waals surface area contributed by atoms with E-state index < -0.39 is 0 Å². The van der Waals surface area contributed by atoms with Gasteiger partial charge in [-0.25, -0.2) is 4.57 Å². The second-order valence-corrected chi connectivity index (χ2v) is 5.92. The summed E-state index contributed by atoms with van der Waals surface area (Å²) < 4.78 is 2.34. The highest BCUT2D eigenvalue weighted by molar-refractivity contribution is 5.12. The Morgan fingerprint density at radius 3 is 2.86 bits per heavy atom. The molecule has 1 aromatic heterocycles. The lowest BCUT2D eigenvalue weighted by Gasteiger charge is -2.18. The van der Waals surface area contributed by atoms with Crippen LogP contribution in [0.2, 0.25) is 0 Å². The maximum Gasteiger partial charge on any atom is 0.173 e. The van der Waals surface area contributed by atoms with Gasteiger partial charge in [-0.15, -0.1) is 0 Å². The van der Waals surface area contributed by atoms with Crippen LogP contribution in [0, 0.1) is 0 Å². The first-order valence-electron chi connectivity index (χ1n) is 8.15. The molecule has 21 heavy (non-hydrogen) atoms. The minimum atomic E-state index is 0. The van der Waals surface area contributed by atoms with Crippen LogP contribution in [0.1, 0.15) is 57.1 Å². The van der Waals surface area contributed by atoms with Crippen LogP contribution < -0.4 is 21.5 Å².